The lowest BCUT2D eigenvalue weighted by molar-refractivity contribution is -0.328. The van der Waals surface area contributed by atoms with Crippen molar-refractivity contribution in [2.24, 2.45) is 5.92 Å². The van der Waals surface area contributed by atoms with Gasteiger partial charge in [0.1, 0.15) is 18.4 Å². The predicted octanol–water partition coefficient (Wildman–Crippen LogP) is -1.06. The first kappa shape index (κ1) is 40.3. The molecule has 11 N–H and O–H groups in total. The van der Waals surface area contributed by atoms with E-state index in [0.717, 1.165) is 18.2 Å². The van der Waals surface area contributed by atoms with Gasteiger partial charge in [-0.2, -0.15) is 0 Å². The Bertz CT molecular complexity index is 1630. The SMILES string of the molecule is CC(C(=O)NC(CC(O)C(CC(=O)COc1c(C(O)(O)O)cccc1C(O)(O)O)Cc1ccccc1)C(O)(O)c1ccccc1)N1CCCNC1=O. The minimum Gasteiger partial charge on any atom is -0.485 e. The molecular formula is C36H45N3O13. The van der Waals surface area contributed by atoms with Crippen LogP contribution in [0.15, 0.2) is 78.9 Å². The molecule has 3 aromatic rings. The van der Waals surface area contributed by atoms with Gasteiger partial charge in [-0.15, -0.1) is 0 Å². The molecule has 1 aliphatic rings. The summed E-state index contributed by atoms with van der Waals surface area (Å²) >= 11 is 0. The smallest absolute Gasteiger partial charge is 0.318 e. The lowest BCUT2D eigenvalue weighted by atomic mass is 9.84. The number of ketones is 1. The molecule has 1 saturated heterocycles. The van der Waals surface area contributed by atoms with E-state index in [-0.39, 0.29) is 18.5 Å². The van der Waals surface area contributed by atoms with E-state index < -0.39 is 95.9 Å². The fourth-order valence-electron chi connectivity index (χ4n) is 6.08. The molecular weight excluding hydrogens is 682 g/mol. The highest BCUT2D eigenvalue weighted by molar-refractivity contribution is 5.87. The van der Waals surface area contributed by atoms with Crippen molar-refractivity contribution in [3.8, 4) is 5.75 Å². The van der Waals surface area contributed by atoms with Gasteiger partial charge in [-0.1, -0.05) is 66.7 Å². The number of urea groups is 1. The highest BCUT2D eigenvalue weighted by Gasteiger charge is 2.42. The number of carbonyl (C=O) groups is 3. The number of benzene rings is 3. The molecule has 16 heteroatoms. The molecule has 4 unspecified atom stereocenters. The van der Waals surface area contributed by atoms with Gasteiger partial charge in [0.25, 0.3) is 0 Å². The van der Waals surface area contributed by atoms with Crippen molar-refractivity contribution >= 4 is 17.7 Å². The number of nitrogens with zero attached hydrogens (tertiary/aromatic N) is 1. The van der Waals surface area contributed by atoms with Crippen LogP contribution in [0.4, 0.5) is 4.79 Å². The molecule has 0 aliphatic carbocycles. The normalized spacial score (nSPS) is 16.3. The molecule has 282 valence electrons. The van der Waals surface area contributed by atoms with Gasteiger partial charge in [-0.05, 0) is 49.8 Å². The molecule has 3 aromatic carbocycles. The van der Waals surface area contributed by atoms with Gasteiger partial charge < -0.3 is 66.2 Å². The molecule has 4 rings (SSSR count). The van der Waals surface area contributed by atoms with Crippen LogP contribution in [0.2, 0.25) is 0 Å². The summed E-state index contributed by atoms with van der Waals surface area (Å²) in [4.78, 5) is 40.6. The monoisotopic (exact) mass is 727 g/mol. The number of para-hydroxylation sites is 1. The summed E-state index contributed by atoms with van der Waals surface area (Å²) in [5.74, 6) is -13.1. The van der Waals surface area contributed by atoms with Gasteiger partial charge in [-0.25, -0.2) is 4.79 Å². The van der Waals surface area contributed by atoms with E-state index in [0.29, 0.717) is 18.5 Å². The zero-order valence-corrected chi connectivity index (χ0v) is 28.4. The fraction of sp³-hybridized carbons (Fsp3) is 0.417. The maximum atomic E-state index is 13.5. The maximum absolute atomic E-state index is 13.5. The minimum atomic E-state index is -3.57. The van der Waals surface area contributed by atoms with Gasteiger partial charge in [0.2, 0.25) is 11.7 Å². The average Bonchev–Trinajstić information content (AvgIpc) is 3.09. The van der Waals surface area contributed by atoms with Crippen LogP contribution in [0.5, 0.6) is 5.75 Å². The Kier molecular flexibility index (Phi) is 13.1. The molecule has 0 radical (unpaired) electrons. The third-order valence-electron chi connectivity index (χ3n) is 8.93. The van der Waals surface area contributed by atoms with E-state index in [9.17, 15) is 60.3 Å². The molecule has 1 aliphatic heterocycles. The first-order valence-electron chi connectivity index (χ1n) is 16.6. The molecule has 3 amide bonds. The molecule has 0 aromatic heterocycles. The summed E-state index contributed by atoms with van der Waals surface area (Å²) in [6, 6.07) is 16.2. The van der Waals surface area contributed by atoms with Crippen LogP contribution in [-0.4, -0.2) is 106 Å². The molecule has 0 spiro atoms. The number of Topliss-reactive ketones (excluding diaryl/α,β-unsaturated/α-hetero) is 1. The van der Waals surface area contributed by atoms with Crippen molar-refractivity contribution < 1.29 is 65.1 Å². The Labute approximate surface area is 299 Å². The summed E-state index contributed by atoms with van der Waals surface area (Å²) in [6.45, 7) is 1.34. The van der Waals surface area contributed by atoms with Crippen molar-refractivity contribution in [2.45, 2.75) is 68.5 Å². The summed E-state index contributed by atoms with van der Waals surface area (Å²) in [7, 11) is 0. The van der Waals surface area contributed by atoms with Crippen LogP contribution < -0.4 is 15.4 Å². The summed E-state index contributed by atoms with van der Waals surface area (Å²) in [6.07, 6.45) is -1.75. The lowest BCUT2D eigenvalue weighted by Crippen LogP contribution is -2.59. The first-order valence-corrected chi connectivity index (χ1v) is 16.6. The van der Waals surface area contributed by atoms with Crippen molar-refractivity contribution in [3.63, 3.8) is 0 Å². The van der Waals surface area contributed by atoms with E-state index in [1.54, 1.807) is 48.5 Å². The van der Waals surface area contributed by atoms with Crippen LogP contribution >= 0.6 is 0 Å². The number of hydrogen-bond donors (Lipinski definition) is 11. The van der Waals surface area contributed by atoms with Gasteiger partial charge in [0.05, 0.1) is 23.3 Å². The molecule has 16 nitrogen and oxygen atoms in total. The fourth-order valence-corrected chi connectivity index (χ4v) is 6.08. The van der Waals surface area contributed by atoms with Crippen LogP contribution in [0.25, 0.3) is 0 Å². The number of amides is 3. The third kappa shape index (κ3) is 10.3. The summed E-state index contributed by atoms with van der Waals surface area (Å²) in [5.41, 5.74) is -0.956. The molecule has 1 heterocycles. The maximum Gasteiger partial charge on any atom is 0.318 e. The van der Waals surface area contributed by atoms with Gasteiger partial charge in [-0.3, -0.25) is 9.59 Å². The van der Waals surface area contributed by atoms with Gasteiger partial charge in [0, 0.05) is 25.1 Å². The highest BCUT2D eigenvalue weighted by Crippen LogP contribution is 2.35. The minimum absolute atomic E-state index is 0.00474. The Hall–Kier alpha value is -4.49. The lowest BCUT2D eigenvalue weighted by Gasteiger charge is -2.37. The van der Waals surface area contributed by atoms with Crippen molar-refractivity contribution in [1.29, 1.82) is 0 Å². The number of aliphatic hydroxyl groups is 9. The van der Waals surface area contributed by atoms with E-state index >= 15 is 0 Å². The second kappa shape index (κ2) is 16.9. The van der Waals surface area contributed by atoms with Crippen molar-refractivity contribution in [2.75, 3.05) is 19.7 Å². The molecule has 0 saturated carbocycles. The Morgan fingerprint density at radius 1 is 0.865 bits per heavy atom. The predicted molar refractivity (Wildman–Crippen MR) is 181 cm³/mol. The van der Waals surface area contributed by atoms with Crippen molar-refractivity contribution in [3.05, 3.63) is 101 Å². The highest BCUT2D eigenvalue weighted by atomic mass is 16.7. The third-order valence-corrected chi connectivity index (χ3v) is 8.93. The topological polar surface area (TPSA) is 270 Å². The number of hydrogen-bond acceptors (Lipinski definition) is 13. The van der Waals surface area contributed by atoms with Crippen LogP contribution in [0.3, 0.4) is 0 Å². The number of rotatable bonds is 17. The molecule has 1 fully saturated rings. The second-order valence-corrected chi connectivity index (χ2v) is 12.8. The zero-order valence-electron chi connectivity index (χ0n) is 28.4. The van der Waals surface area contributed by atoms with E-state index in [1.807, 2.05) is 0 Å². The van der Waals surface area contributed by atoms with Gasteiger partial charge >= 0.3 is 18.0 Å². The molecule has 0 bridgehead atoms. The first-order chi connectivity index (χ1) is 24.4. The number of nitrogens with one attached hydrogen (secondary N) is 2. The Morgan fingerprint density at radius 3 is 2.00 bits per heavy atom. The van der Waals surface area contributed by atoms with Gasteiger partial charge in [0.15, 0.2) is 5.78 Å². The quantitative estimate of drug-likeness (QED) is 0.0741. The second-order valence-electron chi connectivity index (χ2n) is 12.8. The Balaban J connectivity index is 1.60. The number of aliphatic hydroxyl groups excluding tert-OH is 1. The van der Waals surface area contributed by atoms with Crippen molar-refractivity contribution in [1.82, 2.24) is 15.5 Å². The molecule has 4 atom stereocenters. The number of ether oxygens (including phenoxy) is 1. The molecule has 52 heavy (non-hydrogen) atoms. The Morgan fingerprint density at radius 2 is 1.44 bits per heavy atom. The van der Waals surface area contributed by atoms with E-state index in [1.165, 1.54) is 24.0 Å². The summed E-state index contributed by atoms with van der Waals surface area (Å²) in [5, 5.41) is 98.7. The standard InChI is InChI=1S/C36H45N3O13/c1-22(39-17-9-16-37-33(39)43)32(42)38-30(34(44,45)25-12-6-3-7-13-25)20-29(41)24(18-23-10-4-2-5-11-23)19-26(40)21-52-31-27(35(46,47)48)14-8-15-28(31)36(49,50)51/h2-8,10-15,22,24,29-30,41,44-51H,9,16-21H2,1H3,(H,37,43)(H,38,42). The van der Waals surface area contributed by atoms with Crippen LogP contribution in [-0.2, 0) is 33.7 Å². The number of carbonyl (C=O) groups excluding carboxylic acids is 3. The van der Waals surface area contributed by atoms with Crippen LogP contribution in [0, 0.1) is 5.92 Å². The average molecular weight is 728 g/mol. The zero-order chi connectivity index (χ0) is 38.3. The van der Waals surface area contributed by atoms with E-state index in [4.69, 9.17) is 4.74 Å². The van der Waals surface area contributed by atoms with Crippen LogP contribution in [0.1, 0.15) is 48.4 Å². The summed E-state index contributed by atoms with van der Waals surface area (Å²) < 4.78 is 5.39. The van der Waals surface area contributed by atoms with E-state index in [2.05, 4.69) is 10.6 Å². The largest absolute Gasteiger partial charge is 0.485 e.